The first-order valence-electron chi connectivity index (χ1n) is 8.97. The lowest BCUT2D eigenvalue weighted by molar-refractivity contribution is -0.0185. The minimum Gasteiger partial charge on any atom is -0.496 e. The number of oxazole rings is 1. The molecule has 142 valence electrons. The van der Waals surface area contributed by atoms with Crippen molar-refractivity contribution < 1.29 is 19.0 Å². The van der Waals surface area contributed by atoms with E-state index in [1.165, 1.54) is 0 Å². The predicted molar refractivity (Wildman–Crippen MR) is 99.7 cm³/mol. The van der Waals surface area contributed by atoms with E-state index in [2.05, 4.69) is 4.90 Å². The van der Waals surface area contributed by atoms with Gasteiger partial charge < -0.3 is 19.0 Å². The van der Waals surface area contributed by atoms with Gasteiger partial charge in [0.05, 0.1) is 31.1 Å². The third-order valence-electron chi connectivity index (χ3n) is 5.03. The zero-order chi connectivity index (χ0) is 18.9. The van der Waals surface area contributed by atoms with Crippen LogP contribution >= 0.6 is 0 Å². The molecule has 0 spiro atoms. The summed E-state index contributed by atoms with van der Waals surface area (Å²) in [5, 5.41) is 10.3. The summed E-state index contributed by atoms with van der Waals surface area (Å²) in [6.07, 6.45) is 1.83. The summed E-state index contributed by atoms with van der Waals surface area (Å²) < 4.78 is 16.9. The van der Waals surface area contributed by atoms with Crippen molar-refractivity contribution in [2.75, 3.05) is 27.3 Å². The number of aromatic nitrogens is 1. The lowest BCUT2D eigenvalue weighted by atomic mass is 9.95. The summed E-state index contributed by atoms with van der Waals surface area (Å²) in [6.45, 7) is 8.06. The highest BCUT2D eigenvalue weighted by molar-refractivity contribution is 5.68. The van der Waals surface area contributed by atoms with Crippen LogP contribution in [0.4, 0.5) is 0 Å². The van der Waals surface area contributed by atoms with Gasteiger partial charge in [0, 0.05) is 18.7 Å². The van der Waals surface area contributed by atoms with Gasteiger partial charge in [-0.3, -0.25) is 4.90 Å². The van der Waals surface area contributed by atoms with E-state index in [1.54, 1.807) is 14.2 Å². The van der Waals surface area contributed by atoms with Gasteiger partial charge in [-0.15, -0.1) is 0 Å². The number of aryl methyl sites for hydroxylation is 1. The van der Waals surface area contributed by atoms with Gasteiger partial charge in [-0.2, -0.15) is 0 Å². The molecule has 0 unspecified atom stereocenters. The second-order valence-corrected chi connectivity index (χ2v) is 7.31. The molecule has 1 saturated heterocycles. The Morgan fingerprint density at radius 1 is 1.27 bits per heavy atom. The van der Waals surface area contributed by atoms with E-state index in [-0.39, 0.29) is 0 Å². The molecule has 2 heterocycles. The molecule has 1 fully saturated rings. The van der Waals surface area contributed by atoms with Crippen LogP contribution in [-0.2, 0) is 6.54 Å². The van der Waals surface area contributed by atoms with Gasteiger partial charge in [0.15, 0.2) is 0 Å². The summed E-state index contributed by atoms with van der Waals surface area (Å²) >= 11 is 0. The van der Waals surface area contributed by atoms with Gasteiger partial charge >= 0.3 is 0 Å². The van der Waals surface area contributed by atoms with Crippen LogP contribution in [0.25, 0.3) is 11.5 Å². The number of nitrogens with zero attached hydrogens (tertiary/aromatic N) is 2. The Kier molecular flexibility index (Phi) is 5.25. The molecule has 1 aliphatic rings. The smallest absolute Gasteiger partial charge is 0.230 e. The third kappa shape index (κ3) is 3.71. The average Bonchev–Trinajstić information content (AvgIpc) is 2.94. The van der Waals surface area contributed by atoms with Crippen molar-refractivity contribution in [3.05, 3.63) is 29.2 Å². The summed E-state index contributed by atoms with van der Waals surface area (Å²) in [7, 11) is 3.28. The standard InChI is InChI=1S/C20H28N2O4/c1-13-17(24-4)8-7-15(18(13)25-5)19-21-16(14(2)26-19)11-22-10-6-9-20(3,23)12-22/h7-8,23H,6,9-12H2,1-5H3/t20-/m1/s1. The molecule has 26 heavy (non-hydrogen) atoms. The first kappa shape index (κ1) is 18.7. The summed E-state index contributed by atoms with van der Waals surface area (Å²) in [6, 6.07) is 3.81. The van der Waals surface area contributed by atoms with Gasteiger partial charge in [-0.1, -0.05) is 0 Å². The number of hydrogen-bond donors (Lipinski definition) is 1. The van der Waals surface area contributed by atoms with Crippen LogP contribution in [0.2, 0.25) is 0 Å². The summed E-state index contributed by atoms with van der Waals surface area (Å²) in [5.74, 6) is 2.81. The van der Waals surface area contributed by atoms with Crippen molar-refractivity contribution in [3.8, 4) is 23.0 Å². The van der Waals surface area contributed by atoms with Crippen molar-refractivity contribution in [2.45, 2.75) is 45.8 Å². The number of benzene rings is 1. The predicted octanol–water partition coefficient (Wildman–Crippen LogP) is 3.32. The number of methoxy groups -OCH3 is 2. The molecule has 1 N–H and O–H groups in total. The Labute approximate surface area is 154 Å². The zero-order valence-electron chi connectivity index (χ0n) is 16.3. The lowest BCUT2D eigenvalue weighted by Gasteiger charge is -2.36. The Morgan fingerprint density at radius 3 is 2.69 bits per heavy atom. The molecule has 0 amide bonds. The molecule has 6 nitrogen and oxygen atoms in total. The molecule has 2 aromatic rings. The fourth-order valence-electron chi connectivity index (χ4n) is 3.69. The number of β-amino-alcohol motifs (C(OH)–C–C–N with tert-alkyl or cyclic N) is 1. The fraction of sp³-hybridized carbons (Fsp3) is 0.550. The molecule has 1 atom stereocenters. The minimum absolute atomic E-state index is 0.545. The maximum Gasteiger partial charge on any atom is 0.230 e. The van der Waals surface area contributed by atoms with E-state index in [1.807, 2.05) is 32.9 Å². The molecule has 1 aliphatic heterocycles. The fourth-order valence-corrected chi connectivity index (χ4v) is 3.69. The number of ether oxygens (including phenoxy) is 2. The maximum atomic E-state index is 10.3. The van der Waals surface area contributed by atoms with Crippen LogP contribution in [0.1, 0.15) is 36.8 Å². The Bertz CT molecular complexity index is 782. The molecular formula is C20H28N2O4. The topological polar surface area (TPSA) is 68.0 Å². The molecule has 6 heteroatoms. The Balaban J connectivity index is 1.88. The van der Waals surface area contributed by atoms with Crippen LogP contribution in [0, 0.1) is 13.8 Å². The largest absolute Gasteiger partial charge is 0.496 e. The highest BCUT2D eigenvalue weighted by Crippen LogP contribution is 2.38. The number of aliphatic hydroxyl groups is 1. The zero-order valence-corrected chi connectivity index (χ0v) is 16.3. The maximum absolute atomic E-state index is 10.3. The third-order valence-corrected chi connectivity index (χ3v) is 5.03. The van der Waals surface area contributed by atoms with E-state index in [9.17, 15) is 5.11 Å². The molecule has 0 saturated carbocycles. The van der Waals surface area contributed by atoms with Crippen molar-refractivity contribution in [2.24, 2.45) is 0 Å². The SMILES string of the molecule is COc1ccc(-c2nc(CN3CCC[C@@](C)(O)C3)c(C)o2)c(OC)c1C. The molecule has 1 aromatic carbocycles. The molecular weight excluding hydrogens is 332 g/mol. The number of piperidine rings is 1. The van der Waals surface area contributed by atoms with Crippen molar-refractivity contribution in [3.63, 3.8) is 0 Å². The van der Waals surface area contributed by atoms with Gasteiger partial charge in [0.25, 0.3) is 0 Å². The van der Waals surface area contributed by atoms with Crippen LogP contribution in [0.5, 0.6) is 11.5 Å². The van der Waals surface area contributed by atoms with Crippen molar-refractivity contribution in [1.82, 2.24) is 9.88 Å². The van der Waals surface area contributed by atoms with E-state index < -0.39 is 5.60 Å². The van der Waals surface area contributed by atoms with E-state index >= 15 is 0 Å². The number of likely N-dealkylation sites (tertiary alicyclic amines) is 1. The first-order valence-corrected chi connectivity index (χ1v) is 8.97. The first-order chi connectivity index (χ1) is 12.3. The Hall–Kier alpha value is -2.05. The second-order valence-electron chi connectivity index (χ2n) is 7.31. The van der Waals surface area contributed by atoms with E-state index in [0.717, 1.165) is 47.7 Å². The second kappa shape index (κ2) is 7.29. The van der Waals surface area contributed by atoms with Gasteiger partial charge in [-0.05, 0) is 52.3 Å². The van der Waals surface area contributed by atoms with Crippen LogP contribution < -0.4 is 9.47 Å². The average molecular weight is 360 g/mol. The molecule has 1 aromatic heterocycles. The van der Waals surface area contributed by atoms with Gasteiger partial charge in [-0.25, -0.2) is 4.98 Å². The molecule has 3 rings (SSSR count). The van der Waals surface area contributed by atoms with Crippen LogP contribution in [0.3, 0.4) is 0 Å². The number of rotatable bonds is 5. The van der Waals surface area contributed by atoms with Gasteiger partial charge in [0.2, 0.25) is 5.89 Å². The van der Waals surface area contributed by atoms with Crippen molar-refractivity contribution in [1.29, 1.82) is 0 Å². The number of hydrogen-bond acceptors (Lipinski definition) is 6. The summed E-state index contributed by atoms with van der Waals surface area (Å²) in [4.78, 5) is 6.95. The molecule has 0 aliphatic carbocycles. The molecule has 0 bridgehead atoms. The minimum atomic E-state index is -0.630. The van der Waals surface area contributed by atoms with E-state index in [0.29, 0.717) is 24.7 Å². The van der Waals surface area contributed by atoms with Gasteiger partial charge in [0.1, 0.15) is 17.3 Å². The van der Waals surface area contributed by atoms with Crippen LogP contribution in [0.15, 0.2) is 16.5 Å². The lowest BCUT2D eigenvalue weighted by Crippen LogP contribution is -2.45. The highest BCUT2D eigenvalue weighted by Gasteiger charge is 2.29. The Morgan fingerprint density at radius 2 is 2.04 bits per heavy atom. The normalized spacial score (nSPS) is 21.0. The quantitative estimate of drug-likeness (QED) is 0.882. The van der Waals surface area contributed by atoms with E-state index in [4.69, 9.17) is 18.9 Å². The van der Waals surface area contributed by atoms with Crippen molar-refractivity contribution >= 4 is 0 Å². The monoisotopic (exact) mass is 360 g/mol. The molecule has 0 radical (unpaired) electrons. The highest BCUT2D eigenvalue weighted by atomic mass is 16.5. The van der Waals surface area contributed by atoms with Crippen LogP contribution in [-0.4, -0.2) is 47.9 Å². The summed E-state index contributed by atoms with van der Waals surface area (Å²) in [5.41, 5.74) is 1.99.